The van der Waals surface area contributed by atoms with Crippen molar-refractivity contribution < 1.29 is 53.8 Å². The highest BCUT2D eigenvalue weighted by molar-refractivity contribution is 7.99. The Morgan fingerprint density at radius 3 is 1.98 bits per heavy atom. The zero-order chi connectivity index (χ0) is 40.4. The van der Waals surface area contributed by atoms with E-state index in [0.717, 1.165) is 88.2 Å². The quantitative estimate of drug-likeness (QED) is 0.0478. The molecule has 1 aliphatic heterocycles. The van der Waals surface area contributed by atoms with Crippen molar-refractivity contribution in [3.05, 3.63) is 6.20 Å². The van der Waals surface area contributed by atoms with Crippen molar-refractivity contribution in [3.8, 4) is 0 Å². The van der Waals surface area contributed by atoms with Crippen molar-refractivity contribution in [2.45, 2.75) is 179 Å². The number of thioether (sulfide) groups is 1. The second kappa shape index (κ2) is 28.5. The first-order valence-corrected chi connectivity index (χ1v) is 21.4. The molecule has 1 saturated heterocycles. The first-order chi connectivity index (χ1) is 26.5. The van der Waals surface area contributed by atoms with Gasteiger partial charge < -0.3 is 45.3 Å². The molecule has 1 aromatic rings. The first-order valence-electron chi connectivity index (χ1n) is 20.3. The highest BCUT2D eigenvalue weighted by Gasteiger charge is 2.44. The summed E-state index contributed by atoms with van der Waals surface area (Å²) in [5.41, 5.74) is 0. The van der Waals surface area contributed by atoms with Crippen LogP contribution in [-0.2, 0) is 33.4 Å². The van der Waals surface area contributed by atoms with Gasteiger partial charge in [0.1, 0.15) is 43.2 Å². The van der Waals surface area contributed by atoms with Gasteiger partial charge >= 0.3 is 11.9 Å². The van der Waals surface area contributed by atoms with E-state index in [4.69, 9.17) is 14.2 Å². The Morgan fingerprint density at radius 1 is 0.800 bits per heavy atom. The number of carbonyl (C=O) groups excluding carboxylic acids is 4. The van der Waals surface area contributed by atoms with Crippen LogP contribution in [0, 0.1) is 0 Å². The number of aliphatic hydroxyl groups is 4. The SMILES string of the molecule is CCCCCCCC(=O)N[C@H](CSC[C@@H](COC(=O)CCCCCCC)OC(=O)CCCCCCC)C(=O)Nc1cn([C@@H]2OC(CO)C(O)C(O)C2O)nn1. The Hall–Kier alpha value is -2.83. The largest absolute Gasteiger partial charge is 0.462 e. The Labute approximate surface area is 330 Å². The molecule has 0 saturated carbocycles. The number of esters is 2. The molecular formula is C38H67N5O11S. The molecule has 1 aliphatic rings. The van der Waals surface area contributed by atoms with Gasteiger partial charge in [-0.25, -0.2) is 4.68 Å². The predicted molar refractivity (Wildman–Crippen MR) is 208 cm³/mol. The van der Waals surface area contributed by atoms with Crippen LogP contribution in [0.25, 0.3) is 0 Å². The van der Waals surface area contributed by atoms with Crippen LogP contribution in [0.15, 0.2) is 6.20 Å². The monoisotopic (exact) mass is 801 g/mol. The minimum atomic E-state index is -1.63. The summed E-state index contributed by atoms with van der Waals surface area (Å²) in [7, 11) is 0. The predicted octanol–water partition coefficient (Wildman–Crippen LogP) is 3.94. The maximum Gasteiger partial charge on any atom is 0.306 e. The molecule has 0 aliphatic carbocycles. The number of anilines is 1. The van der Waals surface area contributed by atoms with Crippen LogP contribution in [0.1, 0.15) is 143 Å². The Balaban J connectivity index is 2.10. The van der Waals surface area contributed by atoms with E-state index in [2.05, 4.69) is 41.7 Å². The van der Waals surface area contributed by atoms with Crippen LogP contribution in [0.5, 0.6) is 0 Å². The van der Waals surface area contributed by atoms with Crippen LogP contribution >= 0.6 is 11.8 Å². The van der Waals surface area contributed by atoms with Gasteiger partial charge in [-0.15, -0.1) is 5.10 Å². The van der Waals surface area contributed by atoms with Crippen molar-refractivity contribution in [2.24, 2.45) is 0 Å². The van der Waals surface area contributed by atoms with E-state index in [0.29, 0.717) is 12.8 Å². The molecule has 0 aromatic carbocycles. The van der Waals surface area contributed by atoms with Gasteiger partial charge in [0.25, 0.3) is 0 Å². The lowest BCUT2D eigenvalue weighted by Crippen LogP contribution is -2.56. The maximum atomic E-state index is 13.6. The van der Waals surface area contributed by atoms with E-state index in [1.54, 1.807) is 0 Å². The van der Waals surface area contributed by atoms with E-state index < -0.39 is 55.3 Å². The minimum Gasteiger partial charge on any atom is -0.462 e. The van der Waals surface area contributed by atoms with Crippen LogP contribution < -0.4 is 10.6 Å². The van der Waals surface area contributed by atoms with E-state index in [1.165, 1.54) is 18.0 Å². The van der Waals surface area contributed by atoms with Gasteiger partial charge in [0.05, 0.1) is 12.8 Å². The van der Waals surface area contributed by atoms with Crippen LogP contribution in [-0.4, -0.2) is 120 Å². The summed E-state index contributed by atoms with van der Waals surface area (Å²) in [5, 5.41) is 53.5. The van der Waals surface area contributed by atoms with Gasteiger partial charge in [-0.05, 0) is 19.3 Å². The molecule has 0 bridgehead atoms. The number of aromatic nitrogens is 3. The Morgan fingerprint density at radius 2 is 1.38 bits per heavy atom. The van der Waals surface area contributed by atoms with E-state index in [1.807, 2.05) is 0 Å². The smallest absolute Gasteiger partial charge is 0.306 e. The molecule has 16 nitrogen and oxygen atoms in total. The van der Waals surface area contributed by atoms with Gasteiger partial charge in [0.15, 0.2) is 12.0 Å². The Bertz CT molecular complexity index is 1240. The van der Waals surface area contributed by atoms with Crippen LogP contribution in [0.3, 0.4) is 0 Å². The third-order valence-corrected chi connectivity index (χ3v) is 10.5. The molecule has 2 heterocycles. The number of hydrogen-bond donors (Lipinski definition) is 6. The Kier molecular flexibility index (Phi) is 25.1. The topological polar surface area (TPSA) is 232 Å². The number of nitrogens with zero attached hydrogens (tertiary/aromatic N) is 3. The van der Waals surface area contributed by atoms with Gasteiger partial charge in [0.2, 0.25) is 11.8 Å². The fourth-order valence-electron chi connectivity index (χ4n) is 5.99. The van der Waals surface area contributed by atoms with Crippen molar-refractivity contribution in [2.75, 3.05) is 30.0 Å². The van der Waals surface area contributed by atoms with E-state index >= 15 is 0 Å². The van der Waals surface area contributed by atoms with E-state index in [-0.39, 0.29) is 61.0 Å². The maximum absolute atomic E-state index is 13.6. The van der Waals surface area contributed by atoms with Crippen molar-refractivity contribution in [1.29, 1.82) is 0 Å². The molecule has 1 aromatic heterocycles. The molecule has 2 amide bonds. The lowest BCUT2D eigenvalue weighted by atomic mass is 9.98. The average molecular weight is 802 g/mol. The molecule has 2 rings (SSSR count). The summed E-state index contributed by atoms with van der Waals surface area (Å²) in [5.74, 6) is -1.41. The third kappa shape index (κ3) is 19.2. The number of aliphatic hydroxyl groups excluding tert-OH is 4. The lowest BCUT2D eigenvalue weighted by molar-refractivity contribution is -0.254. The highest BCUT2D eigenvalue weighted by Crippen LogP contribution is 2.28. The summed E-state index contributed by atoms with van der Waals surface area (Å²) in [6.45, 7) is 5.61. The standard InChI is InChI=1S/C38H67N5O11S/c1-4-7-10-13-16-19-31(45)39-28(37(51)40-30-22-43(42-41-30)38-36(50)35(49)34(48)29(23-44)54-38)26-55-25-27(53-33(47)21-18-15-12-9-6-3)24-52-32(46)20-17-14-11-8-5-2/h22,27-29,34-36,38,44,48-50H,4-21,23-26H2,1-3H3,(H,39,45)(H,40,51)/t27-,28-,29?,34?,35?,36?,38-/m1/s1. The third-order valence-electron chi connectivity index (χ3n) is 9.33. The molecule has 316 valence electrons. The number of hydrogen-bond acceptors (Lipinski definition) is 14. The van der Waals surface area contributed by atoms with Crippen molar-refractivity contribution in [3.63, 3.8) is 0 Å². The zero-order valence-corrected chi connectivity index (χ0v) is 33.9. The van der Waals surface area contributed by atoms with Crippen molar-refractivity contribution in [1.82, 2.24) is 20.3 Å². The van der Waals surface area contributed by atoms with Crippen molar-refractivity contribution >= 4 is 41.3 Å². The van der Waals surface area contributed by atoms with Gasteiger partial charge in [-0.3, -0.25) is 19.2 Å². The normalized spacial score (nSPS) is 20.7. The van der Waals surface area contributed by atoms with Crippen LogP contribution in [0.2, 0.25) is 0 Å². The molecule has 7 atom stereocenters. The fraction of sp³-hybridized carbons (Fsp3) is 0.842. The van der Waals surface area contributed by atoms with Gasteiger partial charge in [-0.1, -0.05) is 103 Å². The average Bonchev–Trinajstić information content (AvgIpc) is 3.63. The fourth-order valence-corrected chi connectivity index (χ4v) is 7.03. The second-order valence-corrected chi connectivity index (χ2v) is 15.3. The molecule has 1 fully saturated rings. The zero-order valence-electron chi connectivity index (χ0n) is 33.1. The molecule has 0 radical (unpaired) electrons. The number of rotatable bonds is 30. The number of unbranched alkanes of at least 4 members (excludes halogenated alkanes) is 12. The number of amides is 2. The molecule has 6 N–H and O–H groups in total. The summed E-state index contributed by atoms with van der Waals surface area (Å²) in [4.78, 5) is 51.8. The molecular weight excluding hydrogens is 735 g/mol. The summed E-state index contributed by atoms with van der Waals surface area (Å²) in [6.07, 6.45) is 8.45. The van der Waals surface area contributed by atoms with Gasteiger partial charge in [-0.2, -0.15) is 11.8 Å². The number of nitrogens with one attached hydrogen (secondary N) is 2. The first kappa shape index (κ1) is 48.3. The number of carbonyl (C=O) groups is 4. The number of ether oxygens (including phenoxy) is 3. The summed E-state index contributed by atoms with van der Waals surface area (Å²) >= 11 is 1.26. The molecule has 55 heavy (non-hydrogen) atoms. The molecule has 0 spiro atoms. The lowest BCUT2D eigenvalue weighted by Gasteiger charge is -2.39. The highest BCUT2D eigenvalue weighted by atomic mass is 32.2. The summed E-state index contributed by atoms with van der Waals surface area (Å²) < 4.78 is 17.8. The molecule has 4 unspecified atom stereocenters. The minimum absolute atomic E-state index is 0.0434. The molecule has 17 heteroatoms. The van der Waals surface area contributed by atoms with Crippen LogP contribution in [0.4, 0.5) is 5.82 Å². The van der Waals surface area contributed by atoms with E-state index in [9.17, 15) is 39.6 Å². The van der Waals surface area contributed by atoms with Gasteiger partial charge in [0, 0.05) is 30.8 Å². The summed E-state index contributed by atoms with van der Waals surface area (Å²) in [6, 6.07) is -1.04. The second-order valence-electron chi connectivity index (χ2n) is 14.2.